The Labute approximate surface area is 102 Å². The SMILES string of the molecule is CCCC1(C(=O)N[C@@H](C)C(=O)O)CCCNC1. The Balaban J connectivity index is 2.69. The van der Waals surface area contributed by atoms with Gasteiger partial charge in [-0.05, 0) is 32.7 Å². The third kappa shape index (κ3) is 3.43. The normalized spacial score (nSPS) is 26.2. The minimum atomic E-state index is -0.992. The average Bonchev–Trinajstić information content (AvgIpc) is 2.30. The maximum atomic E-state index is 12.2. The third-order valence-electron chi connectivity index (χ3n) is 3.40. The molecule has 0 aromatic carbocycles. The van der Waals surface area contributed by atoms with Gasteiger partial charge in [0.25, 0.3) is 0 Å². The summed E-state index contributed by atoms with van der Waals surface area (Å²) in [6.45, 7) is 5.13. The van der Waals surface area contributed by atoms with E-state index in [1.54, 1.807) is 0 Å². The topological polar surface area (TPSA) is 78.4 Å². The molecule has 1 heterocycles. The number of carboxylic acid groups (broad SMARTS) is 1. The summed E-state index contributed by atoms with van der Waals surface area (Å²) in [5.74, 6) is -1.12. The predicted molar refractivity (Wildman–Crippen MR) is 64.7 cm³/mol. The van der Waals surface area contributed by atoms with E-state index in [0.29, 0.717) is 6.54 Å². The molecule has 0 spiro atoms. The number of aliphatic carboxylic acids is 1. The lowest BCUT2D eigenvalue weighted by Crippen LogP contribution is -2.53. The molecular formula is C12H22N2O3. The van der Waals surface area contributed by atoms with Crippen molar-refractivity contribution >= 4 is 11.9 Å². The van der Waals surface area contributed by atoms with Crippen molar-refractivity contribution in [3.8, 4) is 0 Å². The smallest absolute Gasteiger partial charge is 0.325 e. The van der Waals surface area contributed by atoms with Gasteiger partial charge in [-0.3, -0.25) is 9.59 Å². The zero-order chi connectivity index (χ0) is 12.9. The van der Waals surface area contributed by atoms with Crippen LogP contribution < -0.4 is 10.6 Å². The fourth-order valence-corrected chi connectivity index (χ4v) is 2.38. The molecule has 5 nitrogen and oxygen atoms in total. The molecule has 2 atom stereocenters. The molecular weight excluding hydrogens is 220 g/mol. The molecule has 1 unspecified atom stereocenters. The summed E-state index contributed by atoms with van der Waals surface area (Å²) in [6.07, 6.45) is 3.54. The Kier molecular flexibility index (Phi) is 4.93. The van der Waals surface area contributed by atoms with Gasteiger partial charge in [0.15, 0.2) is 0 Å². The van der Waals surface area contributed by atoms with Crippen molar-refractivity contribution in [2.75, 3.05) is 13.1 Å². The summed E-state index contributed by atoms with van der Waals surface area (Å²) in [6, 6.07) is -0.821. The van der Waals surface area contributed by atoms with Gasteiger partial charge < -0.3 is 15.7 Å². The van der Waals surface area contributed by atoms with Crippen LogP contribution >= 0.6 is 0 Å². The lowest BCUT2D eigenvalue weighted by atomic mass is 9.76. The summed E-state index contributed by atoms with van der Waals surface area (Å²) in [5, 5.41) is 14.6. The zero-order valence-corrected chi connectivity index (χ0v) is 10.6. The van der Waals surface area contributed by atoms with Gasteiger partial charge in [0, 0.05) is 6.54 Å². The molecule has 17 heavy (non-hydrogen) atoms. The minimum absolute atomic E-state index is 0.124. The van der Waals surface area contributed by atoms with Crippen molar-refractivity contribution in [1.29, 1.82) is 0 Å². The van der Waals surface area contributed by atoms with Gasteiger partial charge in [0.1, 0.15) is 6.04 Å². The third-order valence-corrected chi connectivity index (χ3v) is 3.40. The molecule has 0 radical (unpaired) electrons. The van der Waals surface area contributed by atoms with E-state index >= 15 is 0 Å². The van der Waals surface area contributed by atoms with Crippen LogP contribution in [-0.2, 0) is 9.59 Å². The van der Waals surface area contributed by atoms with E-state index in [1.807, 2.05) is 6.92 Å². The second-order valence-corrected chi connectivity index (χ2v) is 4.84. The van der Waals surface area contributed by atoms with Gasteiger partial charge in [0.2, 0.25) is 5.91 Å². The standard InChI is InChI=1S/C12H22N2O3/c1-3-5-12(6-4-7-13-8-12)11(17)14-9(2)10(15)16/h9,13H,3-8H2,1-2H3,(H,14,17)(H,15,16)/t9-,12?/m0/s1. The predicted octanol–water partition coefficient (Wildman–Crippen LogP) is 0.746. The first-order chi connectivity index (χ1) is 8.02. The number of carbonyl (C=O) groups excluding carboxylic acids is 1. The average molecular weight is 242 g/mol. The molecule has 1 aliphatic rings. The summed E-state index contributed by atoms with van der Waals surface area (Å²) < 4.78 is 0. The van der Waals surface area contributed by atoms with Crippen LogP contribution in [0.1, 0.15) is 39.5 Å². The highest BCUT2D eigenvalue weighted by Gasteiger charge is 2.39. The molecule has 0 saturated carbocycles. The van der Waals surface area contributed by atoms with E-state index < -0.39 is 17.4 Å². The number of hydrogen-bond acceptors (Lipinski definition) is 3. The first-order valence-corrected chi connectivity index (χ1v) is 6.26. The Morgan fingerprint density at radius 3 is 2.71 bits per heavy atom. The summed E-state index contributed by atoms with van der Waals surface area (Å²) >= 11 is 0. The van der Waals surface area contributed by atoms with Crippen molar-refractivity contribution < 1.29 is 14.7 Å². The van der Waals surface area contributed by atoms with Crippen LogP contribution in [0.15, 0.2) is 0 Å². The quantitative estimate of drug-likeness (QED) is 0.664. The maximum absolute atomic E-state index is 12.2. The summed E-state index contributed by atoms with van der Waals surface area (Å²) in [7, 11) is 0. The Hall–Kier alpha value is -1.10. The van der Waals surface area contributed by atoms with Crippen LogP contribution in [-0.4, -0.2) is 36.1 Å². The molecule has 1 fully saturated rings. The van der Waals surface area contributed by atoms with E-state index in [0.717, 1.165) is 32.2 Å². The molecule has 0 aromatic heterocycles. The monoisotopic (exact) mass is 242 g/mol. The molecule has 0 aliphatic carbocycles. The number of carbonyl (C=O) groups is 2. The summed E-state index contributed by atoms with van der Waals surface area (Å²) in [4.78, 5) is 23.0. The minimum Gasteiger partial charge on any atom is -0.480 e. The van der Waals surface area contributed by atoms with E-state index in [2.05, 4.69) is 10.6 Å². The lowest BCUT2D eigenvalue weighted by Gasteiger charge is -2.36. The van der Waals surface area contributed by atoms with E-state index in [-0.39, 0.29) is 5.91 Å². The molecule has 1 aliphatic heterocycles. The highest BCUT2D eigenvalue weighted by Crippen LogP contribution is 2.31. The number of amides is 1. The summed E-state index contributed by atoms with van der Waals surface area (Å²) in [5.41, 5.74) is -0.420. The highest BCUT2D eigenvalue weighted by molar-refractivity contribution is 5.87. The number of nitrogens with one attached hydrogen (secondary N) is 2. The van der Waals surface area contributed by atoms with Gasteiger partial charge in [-0.15, -0.1) is 0 Å². The van der Waals surface area contributed by atoms with Gasteiger partial charge in [-0.25, -0.2) is 0 Å². The zero-order valence-electron chi connectivity index (χ0n) is 10.6. The molecule has 0 aromatic rings. The van der Waals surface area contributed by atoms with Crippen LogP contribution in [0.5, 0.6) is 0 Å². The van der Waals surface area contributed by atoms with Gasteiger partial charge in [-0.1, -0.05) is 13.3 Å². The van der Waals surface area contributed by atoms with E-state index in [9.17, 15) is 9.59 Å². The van der Waals surface area contributed by atoms with Crippen LogP contribution in [0.2, 0.25) is 0 Å². The van der Waals surface area contributed by atoms with Crippen molar-refractivity contribution in [2.24, 2.45) is 5.41 Å². The van der Waals surface area contributed by atoms with Gasteiger partial charge in [0.05, 0.1) is 5.41 Å². The Morgan fingerprint density at radius 1 is 1.53 bits per heavy atom. The van der Waals surface area contributed by atoms with E-state index in [1.165, 1.54) is 6.92 Å². The number of hydrogen-bond donors (Lipinski definition) is 3. The number of carboxylic acids is 1. The number of rotatable bonds is 5. The molecule has 1 amide bonds. The van der Waals surface area contributed by atoms with Crippen LogP contribution in [0.25, 0.3) is 0 Å². The maximum Gasteiger partial charge on any atom is 0.325 e. The van der Waals surface area contributed by atoms with Crippen molar-refractivity contribution in [3.63, 3.8) is 0 Å². The first-order valence-electron chi connectivity index (χ1n) is 6.26. The fourth-order valence-electron chi connectivity index (χ4n) is 2.38. The Bertz CT molecular complexity index is 280. The molecule has 1 saturated heterocycles. The molecule has 98 valence electrons. The second kappa shape index (κ2) is 6.00. The lowest BCUT2D eigenvalue weighted by molar-refractivity contribution is -0.144. The molecule has 5 heteroatoms. The van der Waals surface area contributed by atoms with Gasteiger partial charge in [-0.2, -0.15) is 0 Å². The van der Waals surface area contributed by atoms with Crippen molar-refractivity contribution in [1.82, 2.24) is 10.6 Å². The van der Waals surface area contributed by atoms with Crippen LogP contribution in [0, 0.1) is 5.41 Å². The van der Waals surface area contributed by atoms with Crippen LogP contribution in [0.4, 0.5) is 0 Å². The molecule has 1 rings (SSSR count). The van der Waals surface area contributed by atoms with Gasteiger partial charge >= 0.3 is 5.97 Å². The Morgan fingerprint density at radius 2 is 2.24 bits per heavy atom. The van der Waals surface area contributed by atoms with Crippen molar-refractivity contribution in [2.45, 2.75) is 45.6 Å². The largest absolute Gasteiger partial charge is 0.480 e. The highest BCUT2D eigenvalue weighted by atomic mass is 16.4. The van der Waals surface area contributed by atoms with E-state index in [4.69, 9.17) is 5.11 Å². The van der Waals surface area contributed by atoms with Crippen LogP contribution in [0.3, 0.4) is 0 Å². The fraction of sp³-hybridized carbons (Fsp3) is 0.833. The molecule has 0 bridgehead atoms. The molecule has 3 N–H and O–H groups in total. The second-order valence-electron chi connectivity index (χ2n) is 4.84. The first kappa shape index (κ1) is 14.0. The van der Waals surface area contributed by atoms with Crippen molar-refractivity contribution in [3.05, 3.63) is 0 Å². The number of piperidine rings is 1.